The molecule has 0 aliphatic carbocycles. The van der Waals surface area contributed by atoms with E-state index in [1.807, 2.05) is 46.4 Å². The van der Waals surface area contributed by atoms with Crippen molar-refractivity contribution < 1.29 is 65.9 Å². The number of fused-ring (bicyclic) bond motifs is 2. The van der Waals surface area contributed by atoms with Crippen molar-refractivity contribution in [3.63, 3.8) is 0 Å². The van der Waals surface area contributed by atoms with Crippen LogP contribution in [0.25, 0.3) is 0 Å². The number of nitrogens with zero attached hydrogens (tertiary/aromatic N) is 2. The van der Waals surface area contributed by atoms with Crippen LogP contribution in [0.3, 0.4) is 0 Å². The average molecular weight is 876 g/mol. The highest BCUT2D eigenvalue weighted by molar-refractivity contribution is 7.89. The molecule has 1 amide bonds. The SMILES string of the molecule is C.CC.CC.COc1ccc(S(=O)(=O)N(CC(C)C)C[C@@H](O)[C@H](CN2CCc3cc(OCP(=O)(O)O[C@@H](C)C(=O)O)ccc3C2)NC(=O)O[C@H]2CO[C@H]3OCC[C@H]32)cc1. The van der Waals surface area contributed by atoms with Gasteiger partial charge in [0.05, 0.1) is 43.3 Å². The van der Waals surface area contributed by atoms with Gasteiger partial charge in [0.1, 0.15) is 17.6 Å². The van der Waals surface area contributed by atoms with Crippen LogP contribution >= 0.6 is 7.60 Å². The lowest BCUT2D eigenvalue weighted by molar-refractivity contribution is -0.144. The molecular weight excluding hydrogens is 809 g/mol. The number of carboxylic acid groups (broad SMARTS) is 1. The zero-order valence-corrected chi connectivity index (χ0v) is 36.4. The van der Waals surface area contributed by atoms with Crippen molar-refractivity contribution in [2.75, 3.05) is 52.9 Å². The van der Waals surface area contributed by atoms with Gasteiger partial charge in [-0.1, -0.05) is 55.0 Å². The smallest absolute Gasteiger partial charge is 0.407 e. The number of nitrogens with one attached hydrogen (secondary N) is 1. The van der Waals surface area contributed by atoms with Crippen LogP contribution < -0.4 is 14.8 Å². The molecule has 0 bridgehead atoms. The highest BCUT2D eigenvalue weighted by atomic mass is 32.2. The molecule has 59 heavy (non-hydrogen) atoms. The normalized spacial score (nSPS) is 21.1. The van der Waals surface area contributed by atoms with Crippen molar-refractivity contribution >= 4 is 29.7 Å². The van der Waals surface area contributed by atoms with E-state index in [4.69, 9.17) is 33.3 Å². The molecule has 2 saturated heterocycles. The van der Waals surface area contributed by atoms with Crippen molar-refractivity contribution in [2.45, 2.75) is 111 Å². The number of carboxylic acids is 1. The molecule has 4 N–H and O–H groups in total. The lowest BCUT2D eigenvalue weighted by Crippen LogP contribution is -2.55. The largest absolute Gasteiger partial charge is 0.497 e. The summed E-state index contributed by atoms with van der Waals surface area (Å²) in [5.74, 6) is -0.766. The molecule has 19 heteroatoms. The molecule has 3 heterocycles. The topological polar surface area (TPSA) is 220 Å². The van der Waals surface area contributed by atoms with Gasteiger partial charge in [-0.2, -0.15) is 4.31 Å². The summed E-state index contributed by atoms with van der Waals surface area (Å²) < 4.78 is 73.6. The Morgan fingerprint density at radius 1 is 1.02 bits per heavy atom. The molecule has 5 rings (SSSR count). The number of rotatable bonds is 18. The van der Waals surface area contributed by atoms with Gasteiger partial charge in [0.15, 0.2) is 18.7 Å². The van der Waals surface area contributed by atoms with Crippen LogP contribution in [0.2, 0.25) is 0 Å². The molecule has 7 atom stereocenters. The number of aliphatic carboxylic acids is 1. The Bertz CT molecular complexity index is 1770. The minimum Gasteiger partial charge on any atom is -0.497 e. The lowest BCUT2D eigenvalue weighted by atomic mass is 9.98. The fourth-order valence-corrected chi connectivity index (χ4v) is 9.21. The Kier molecular flexibility index (Phi) is 21.3. The van der Waals surface area contributed by atoms with Crippen molar-refractivity contribution in [3.05, 3.63) is 53.6 Å². The number of benzene rings is 2. The molecule has 3 aliphatic heterocycles. The number of alkyl carbamates (subject to hydrolysis) is 1. The Morgan fingerprint density at radius 2 is 1.68 bits per heavy atom. The molecule has 3 aliphatic rings. The van der Waals surface area contributed by atoms with Gasteiger partial charge in [0.2, 0.25) is 10.0 Å². The van der Waals surface area contributed by atoms with Crippen LogP contribution in [-0.2, 0) is 51.1 Å². The number of aliphatic hydroxyl groups excluding tert-OH is 1. The number of aliphatic hydroxyl groups is 1. The molecule has 0 saturated carbocycles. The zero-order chi connectivity index (χ0) is 43.2. The molecule has 0 radical (unpaired) electrons. The Balaban J connectivity index is 0.00000233. The second-order valence-corrected chi connectivity index (χ2v) is 17.8. The van der Waals surface area contributed by atoms with E-state index >= 15 is 0 Å². The number of hydrogen-bond acceptors (Lipinski definition) is 13. The molecule has 1 unspecified atom stereocenters. The number of carbonyl (C=O) groups is 2. The molecule has 0 aromatic heterocycles. The molecule has 336 valence electrons. The summed E-state index contributed by atoms with van der Waals surface area (Å²) in [5, 5.41) is 23.5. The number of hydrogen-bond donors (Lipinski definition) is 4. The van der Waals surface area contributed by atoms with Crippen molar-refractivity contribution in [1.82, 2.24) is 14.5 Å². The number of methoxy groups -OCH3 is 1. The first kappa shape index (κ1) is 51.8. The summed E-state index contributed by atoms with van der Waals surface area (Å²) in [6.07, 6.45) is -4.10. The third-order valence-electron chi connectivity index (χ3n) is 9.46. The van der Waals surface area contributed by atoms with Crippen LogP contribution in [0.5, 0.6) is 11.5 Å². The summed E-state index contributed by atoms with van der Waals surface area (Å²) in [6.45, 7) is 14.4. The van der Waals surface area contributed by atoms with Crippen molar-refractivity contribution in [3.8, 4) is 11.5 Å². The molecule has 0 spiro atoms. The van der Waals surface area contributed by atoms with Gasteiger partial charge in [0, 0.05) is 32.7 Å². The van der Waals surface area contributed by atoms with Gasteiger partial charge in [-0.25, -0.2) is 18.0 Å². The summed E-state index contributed by atoms with van der Waals surface area (Å²) in [5.41, 5.74) is 1.82. The molecule has 2 fully saturated rings. The van der Waals surface area contributed by atoms with Gasteiger partial charge in [-0.05, 0) is 73.2 Å². The van der Waals surface area contributed by atoms with Crippen LogP contribution in [0.15, 0.2) is 47.4 Å². The maximum absolute atomic E-state index is 13.9. The summed E-state index contributed by atoms with van der Waals surface area (Å²) in [4.78, 5) is 36.4. The standard InChI is InChI=1S/C35H50N3O14PS.2C2H6.CH4/c1-22(2)16-38(54(45,46)28-9-7-26(47-4)8-10-28)19-31(39)30(36-35(42)51-32-20-49-34-29(32)12-14-48-34)18-37-13-11-24-15-27(6-5-25(24)17-37)50-21-53(43,44)52-23(3)33(40)41;2*1-2;/h5-10,15,22-23,29-32,34,39H,11-14,16-21H2,1-4H3,(H,36,42)(H,40,41)(H,43,44);2*1-2H3;1H4/t23-,29-,30-,31+,32-,34+;;;/m0.../s1. The molecule has 17 nitrogen and oxygen atoms in total. The minimum absolute atomic E-state index is 0. The summed E-state index contributed by atoms with van der Waals surface area (Å²) >= 11 is 0. The third kappa shape index (κ3) is 15.0. The maximum Gasteiger partial charge on any atom is 0.407 e. The number of carbonyl (C=O) groups excluding carboxylic acids is 1. The van der Waals surface area contributed by atoms with Gasteiger partial charge in [0.25, 0.3) is 0 Å². The first-order chi connectivity index (χ1) is 27.5. The van der Waals surface area contributed by atoms with E-state index in [0.29, 0.717) is 44.0 Å². The predicted octanol–water partition coefficient (Wildman–Crippen LogP) is 5.32. The molecule has 2 aromatic carbocycles. The van der Waals surface area contributed by atoms with E-state index in [1.165, 1.54) is 23.5 Å². The average Bonchev–Trinajstić information content (AvgIpc) is 3.83. The Labute approximate surface area is 349 Å². The Hall–Kier alpha value is -3.32. The van der Waals surface area contributed by atoms with Crippen LogP contribution in [0.1, 0.15) is 73.4 Å². The monoisotopic (exact) mass is 875 g/mol. The van der Waals surface area contributed by atoms with Gasteiger partial charge >= 0.3 is 19.7 Å². The van der Waals surface area contributed by atoms with Gasteiger partial charge in [-0.15, -0.1) is 0 Å². The van der Waals surface area contributed by atoms with E-state index in [2.05, 4.69) is 5.32 Å². The molecular formula is C40H66N3O14PS. The summed E-state index contributed by atoms with van der Waals surface area (Å²) in [7, 11) is -6.92. The van der Waals surface area contributed by atoms with Crippen molar-refractivity contribution in [2.24, 2.45) is 11.8 Å². The second kappa shape index (κ2) is 24.2. The lowest BCUT2D eigenvalue weighted by Gasteiger charge is -2.35. The van der Waals surface area contributed by atoms with Crippen LogP contribution in [-0.4, -0.2) is 128 Å². The van der Waals surface area contributed by atoms with E-state index in [0.717, 1.165) is 18.1 Å². The maximum atomic E-state index is 13.9. The van der Waals surface area contributed by atoms with Crippen molar-refractivity contribution in [1.29, 1.82) is 0 Å². The molecule has 2 aromatic rings. The number of sulfonamides is 1. The van der Waals surface area contributed by atoms with Gasteiger partial charge in [-0.3, -0.25) is 14.0 Å². The highest BCUT2D eigenvalue weighted by Gasteiger charge is 2.44. The van der Waals surface area contributed by atoms with E-state index in [9.17, 15) is 32.6 Å². The predicted molar refractivity (Wildman–Crippen MR) is 222 cm³/mol. The first-order valence-electron chi connectivity index (χ1n) is 19.8. The zero-order valence-electron chi connectivity index (χ0n) is 34.7. The first-order valence-corrected chi connectivity index (χ1v) is 23.0. The second-order valence-electron chi connectivity index (χ2n) is 14.1. The van der Waals surface area contributed by atoms with Gasteiger partial charge < -0.3 is 44.1 Å². The van der Waals surface area contributed by atoms with E-state index < -0.39 is 66.7 Å². The quantitative estimate of drug-likeness (QED) is 0.139. The van der Waals surface area contributed by atoms with E-state index in [-0.39, 0.29) is 50.4 Å². The number of ether oxygens (including phenoxy) is 5. The van der Waals surface area contributed by atoms with E-state index in [1.54, 1.807) is 30.3 Å². The number of amides is 1. The Morgan fingerprint density at radius 3 is 2.31 bits per heavy atom. The van der Waals surface area contributed by atoms with Crippen LogP contribution in [0.4, 0.5) is 4.79 Å². The minimum atomic E-state index is -4.35. The highest BCUT2D eigenvalue weighted by Crippen LogP contribution is 2.43. The fraction of sp³-hybridized carbons (Fsp3) is 0.650. The van der Waals surface area contributed by atoms with Crippen LogP contribution in [0, 0.1) is 11.8 Å². The third-order valence-corrected chi connectivity index (χ3v) is 12.4. The fourth-order valence-electron chi connectivity index (χ4n) is 6.63. The summed E-state index contributed by atoms with van der Waals surface area (Å²) in [6, 6.07) is 10.2.